The van der Waals surface area contributed by atoms with Gasteiger partial charge in [-0.1, -0.05) is 23.8 Å². The van der Waals surface area contributed by atoms with E-state index in [0.717, 1.165) is 5.56 Å². The fourth-order valence-corrected chi connectivity index (χ4v) is 1.44. The van der Waals surface area contributed by atoms with Crippen LogP contribution in [-0.2, 0) is 4.79 Å². The van der Waals surface area contributed by atoms with Gasteiger partial charge in [0.1, 0.15) is 0 Å². The Kier molecular flexibility index (Phi) is 2.99. The van der Waals surface area contributed by atoms with E-state index in [1.165, 1.54) is 11.1 Å². The van der Waals surface area contributed by atoms with Crippen LogP contribution < -0.4 is 0 Å². The van der Waals surface area contributed by atoms with E-state index in [4.69, 9.17) is 0 Å². The zero-order valence-corrected chi connectivity index (χ0v) is 8.16. The highest BCUT2D eigenvalue weighted by molar-refractivity contribution is 5.38. The zero-order chi connectivity index (χ0) is 9.84. The molecule has 1 atom stereocenters. The number of rotatable bonds is 2. The number of hydrogen-bond donors (Lipinski definition) is 0. The Morgan fingerprint density at radius 3 is 2.62 bits per heavy atom. The van der Waals surface area contributed by atoms with Gasteiger partial charge in [0.05, 0.1) is 6.04 Å². The van der Waals surface area contributed by atoms with E-state index in [2.05, 4.69) is 11.1 Å². The third-order valence-electron chi connectivity index (χ3n) is 2.12. The Hall–Kier alpha value is -1.40. The average Bonchev–Trinajstić information content (AvgIpc) is 2.04. The minimum absolute atomic E-state index is 0.0851. The van der Waals surface area contributed by atoms with Gasteiger partial charge >= 0.3 is 0 Å². The number of aryl methyl sites for hydroxylation is 2. The lowest BCUT2D eigenvalue weighted by molar-refractivity contribution is 0.559. The predicted octanol–water partition coefficient (Wildman–Crippen LogP) is 2.70. The molecule has 0 spiro atoms. The molecule has 0 saturated carbocycles. The summed E-state index contributed by atoms with van der Waals surface area (Å²) in [7, 11) is 0. The van der Waals surface area contributed by atoms with Crippen LogP contribution in [0.25, 0.3) is 0 Å². The van der Waals surface area contributed by atoms with Crippen LogP contribution in [0.4, 0.5) is 0 Å². The standard InChI is InChI=1S/C11H13NO/c1-8-4-5-11(9(2)6-8)10(3)12-7-13/h4-6,10H,1-3H3. The van der Waals surface area contributed by atoms with Crippen LogP contribution in [0.3, 0.4) is 0 Å². The van der Waals surface area contributed by atoms with Crippen LogP contribution in [0.1, 0.15) is 29.7 Å². The largest absolute Gasteiger partial charge is 0.235 e. The molecule has 1 aromatic carbocycles. The van der Waals surface area contributed by atoms with Crippen molar-refractivity contribution in [2.75, 3.05) is 0 Å². The highest BCUT2D eigenvalue weighted by atomic mass is 16.1. The predicted molar refractivity (Wildman–Crippen MR) is 52.5 cm³/mol. The van der Waals surface area contributed by atoms with Crippen molar-refractivity contribution in [1.29, 1.82) is 0 Å². The van der Waals surface area contributed by atoms with Gasteiger partial charge in [-0.25, -0.2) is 4.79 Å². The molecule has 0 heterocycles. The van der Waals surface area contributed by atoms with Crippen LogP contribution in [0.5, 0.6) is 0 Å². The van der Waals surface area contributed by atoms with Crippen LogP contribution >= 0.6 is 0 Å². The number of hydrogen-bond acceptors (Lipinski definition) is 2. The summed E-state index contributed by atoms with van der Waals surface area (Å²) >= 11 is 0. The van der Waals surface area contributed by atoms with Gasteiger partial charge in [-0.15, -0.1) is 0 Å². The second kappa shape index (κ2) is 4.01. The molecule has 1 aromatic rings. The molecule has 0 aliphatic heterocycles. The number of carbonyl (C=O) groups excluding carboxylic acids is 1. The Morgan fingerprint density at radius 2 is 2.08 bits per heavy atom. The second-order valence-corrected chi connectivity index (χ2v) is 3.26. The molecular formula is C11H13NO. The van der Waals surface area contributed by atoms with E-state index < -0.39 is 0 Å². The summed E-state index contributed by atoms with van der Waals surface area (Å²) in [6, 6.07) is 6.04. The number of isocyanates is 1. The molecule has 0 fully saturated rings. The smallest absolute Gasteiger partial charge is 0.211 e. The summed E-state index contributed by atoms with van der Waals surface area (Å²) in [6.45, 7) is 5.96. The first-order valence-corrected chi connectivity index (χ1v) is 4.29. The van der Waals surface area contributed by atoms with Gasteiger partial charge in [0, 0.05) is 0 Å². The third kappa shape index (κ3) is 2.27. The fourth-order valence-electron chi connectivity index (χ4n) is 1.44. The van der Waals surface area contributed by atoms with Crippen LogP contribution in [0.15, 0.2) is 23.2 Å². The quantitative estimate of drug-likeness (QED) is 0.502. The maximum Gasteiger partial charge on any atom is 0.235 e. The van der Waals surface area contributed by atoms with E-state index in [-0.39, 0.29) is 6.04 Å². The number of nitrogens with zero attached hydrogens (tertiary/aromatic N) is 1. The van der Waals surface area contributed by atoms with Crippen molar-refractivity contribution in [3.05, 3.63) is 34.9 Å². The lowest BCUT2D eigenvalue weighted by Crippen LogP contribution is -1.93. The zero-order valence-electron chi connectivity index (χ0n) is 8.16. The fraction of sp³-hybridized carbons (Fsp3) is 0.364. The number of aliphatic imine (C=N–C) groups is 1. The molecule has 1 rings (SSSR count). The number of benzene rings is 1. The van der Waals surface area contributed by atoms with Crippen molar-refractivity contribution in [1.82, 2.24) is 0 Å². The summed E-state index contributed by atoms with van der Waals surface area (Å²) in [5.74, 6) is 0. The molecule has 0 saturated heterocycles. The van der Waals surface area contributed by atoms with E-state index in [1.54, 1.807) is 6.08 Å². The van der Waals surface area contributed by atoms with Crippen molar-refractivity contribution in [3.8, 4) is 0 Å². The van der Waals surface area contributed by atoms with E-state index >= 15 is 0 Å². The Balaban J connectivity index is 3.08. The molecule has 1 unspecified atom stereocenters. The minimum Gasteiger partial charge on any atom is -0.211 e. The highest BCUT2D eigenvalue weighted by Gasteiger charge is 2.05. The Morgan fingerprint density at radius 1 is 1.38 bits per heavy atom. The molecule has 0 aromatic heterocycles. The molecule has 68 valence electrons. The van der Waals surface area contributed by atoms with Crippen LogP contribution in [-0.4, -0.2) is 6.08 Å². The first kappa shape index (κ1) is 9.69. The monoisotopic (exact) mass is 175 g/mol. The summed E-state index contributed by atoms with van der Waals surface area (Å²) in [5, 5.41) is 0. The molecular weight excluding hydrogens is 162 g/mol. The Labute approximate surface area is 78.3 Å². The average molecular weight is 175 g/mol. The first-order valence-electron chi connectivity index (χ1n) is 4.29. The lowest BCUT2D eigenvalue weighted by Gasteiger charge is -2.08. The summed E-state index contributed by atoms with van der Waals surface area (Å²) in [4.78, 5) is 13.8. The molecule has 0 aliphatic carbocycles. The van der Waals surface area contributed by atoms with Crippen molar-refractivity contribution >= 4 is 6.08 Å². The molecule has 0 bridgehead atoms. The summed E-state index contributed by atoms with van der Waals surface area (Å²) in [5.41, 5.74) is 3.49. The Bertz CT molecular complexity index is 351. The highest BCUT2D eigenvalue weighted by Crippen LogP contribution is 2.20. The van der Waals surface area contributed by atoms with Crippen LogP contribution in [0, 0.1) is 13.8 Å². The minimum atomic E-state index is -0.0851. The van der Waals surface area contributed by atoms with Gasteiger partial charge < -0.3 is 0 Å². The summed E-state index contributed by atoms with van der Waals surface area (Å²) in [6.07, 6.45) is 1.58. The first-order chi connectivity index (χ1) is 6.15. The molecule has 2 nitrogen and oxygen atoms in total. The van der Waals surface area contributed by atoms with Gasteiger partial charge in [-0.3, -0.25) is 0 Å². The normalized spacial score (nSPS) is 11.9. The van der Waals surface area contributed by atoms with Crippen molar-refractivity contribution in [3.63, 3.8) is 0 Å². The van der Waals surface area contributed by atoms with Crippen molar-refractivity contribution in [2.45, 2.75) is 26.8 Å². The third-order valence-corrected chi connectivity index (χ3v) is 2.12. The molecule has 0 amide bonds. The second-order valence-electron chi connectivity index (χ2n) is 3.26. The van der Waals surface area contributed by atoms with E-state index in [9.17, 15) is 4.79 Å². The lowest BCUT2D eigenvalue weighted by atomic mass is 10.0. The molecule has 2 heteroatoms. The van der Waals surface area contributed by atoms with Gasteiger partial charge in [0.2, 0.25) is 6.08 Å². The van der Waals surface area contributed by atoms with Gasteiger partial charge in [0.15, 0.2) is 0 Å². The van der Waals surface area contributed by atoms with Gasteiger partial charge in [-0.05, 0) is 31.9 Å². The van der Waals surface area contributed by atoms with Gasteiger partial charge in [-0.2, -0.15) is 4.99 Å². The molecule has 0 radical (unpaired) electrons. The molecule has 0 N–H and O–H groups in total. The molecule has 0 aliphatic rings. The maximum atomic E-state index is 10.1. The SMILES string of the molecule is Cc1ccc(C(C)N=C=O)c(C)c1. The van der Waals surface area contributed by atoms with Crippen molar-refractivity contribution in [2.24, 2.45) is 4.99 Å². The maximum absolute atomic E-state index is 10.1. The summed E-state index contributed by atoms with van der Waals surface area (Å²) < 4.78 is 0. The van der Waals surface area contributed by atoms with Gasteiger partial charge in [0.25, 0.3) is 0 Å². The topological polar surface area (TPSA) is 29.4 Å². The van der Waals surface area contributed by atoms with Crippen LogP contribution in [0.2, 0.25) is 0 Å². The van der Waals surface area contributed by atoms with Crippen molar-refractivity contribution < 1.29 is 4.79 Å². The van der Waals surface area contributed by atoms with E-state index in [1.807, 2.05) is 32.9 Å². The molecule has 13 heavy (non-hydrogen) atoms. The van der Waals surface area contributed by atoms with E-state index in [0.29, 0.717) is 0 Å².